The molecule has 0 amide bonds. The van der Waals surface area contributed by atoms with Crippen LogP contribution in [0.4, 0.5) is 14.5 Å². The highest BCUT2D eigenvalue weighted by Gasteiger charge is 2.25. The molecule has 1 aliphatic rings. The molecular formula is C21H25F2N3O2S. The van der Waals surface area contributed by atoms with Gasteiger partial charge in [-0.3, -0.25) is 0 Å². The van der Waals surface area contributed by atoms with Crippen LogP contribution in [-0.2, 0) is 10.0 Å². The number of piperazine rings is 1. The SMILES string of the molecule is CC.O=S(=O)(c1ccccc1)n1cc(C(F)F)c2cc(N3CCNCC3)ccc21. The van der Waals surface area contributed by atoms with E-state index >= 15 is 0 Å². The van der Waals surface area contributed by atoms with Crippen molar-refractivity contribution in [1.82, 2.24) is 9.29 Å². The van der Waals surface area contributed by atoms with Crippen molar-refractivity contribution in [2.75, 3.05) is 31.1 Å². The summed E-state index contributed by atoms with van der Waals surface area (Å²) in [6.07, 6.45) is -1.72. The van der Waals surface area contributed by atoms with Crippen molar-refractivity contribution in [3.8, 4) is 0 Å². The van der Waals surface area contributed by atoms with Crippen LogP contribution >= 0.6 is 0 Å². The van der Waals surface area contributed by atoms with Crippen molar-refractivity contribution in [2.45, 2.75) is 25.2 Å². The summed E-state index contributed by atoms with van der Waals surface area (Å²) >= 11 is 0. The molecule has 0 unspecified atom stereocenters. The zero-order valence-electron chi connectivity index (χ0n) is 16.5. The quantitative estimate of drug-likeness (QED) is 0.684. The Morgan fingerprint density at radius 1 is 1.00 bits per heavy atom. The number of benzene rings is 2. The summed E-state index contributed by atoms with van der Waals surface area (Å²) in [7, 11) is -3.96. The maximum atomic E-state index is 13.6. The molecule has 2 aromatic carbocycles. The van der Waals surface area contributed by atoms with E-state index in [-0.39, 0.29) is 21.4 Å². The molecule has 29 heavy (non-hydrogen) atoms. The van der Waals surface area contributed by atoms with Gasteiger partial charge in [0.05, 0.1) is 10.4 Å². The Morgan fingerprint density at radius 2 is 1.66 bits per heavy atom. The molecule has 4 rings (SSSR count). The molecule has 1 aromatic heterocycles. The van der Waals surface area contributed by atoms with Gasteiger partial charge in [-0.1, -0.05) is 32.0 Å². The van der Waals surface area contributed by atoms with Gasteiger partial charge in [-0.05, 0) is 30.3 Å². The third-order valence-corrected chi connectivity index (χ3v) is 6.49. The molecule has 0 bridgehead atoms. The molecular weight excluding hydrogens is 396 g/mol. The fourth-order valence-electron chi connectivity index (χ4n) is 3.41. The van der Waals surface area contributed by atoms with Crippen molar-refractivity contribution < 1.29 is 17.2 Å². The number of nitrogens with zero attached hydrogens (tertiary/aromatic N) is 2. The minimum absolute atomic E-state index is 0.0638. The van der Waals surface area contributed by atoms with E-state index in [1.54, 1.807) is 36.4 Å². The van der Waals surface area contributed by atoms with Crippen LogP contribution < -0.4 is 10.2 Å². The first-order valence-electron chi connectivity index (χ1n) is 9.68. The highest BCUT2D eigenvalue weighted by Crippen LogP contribution is 2.34. The van der Waals surface area contributed by atoms with Crippen LogP contribution in [0.5, 0.6) is 0 Å². The number of fused-ring (bicyclic) bond motifs is 1. The second kappa shape index (κ2) is 8.92. The van der Waals surface area contributed by atoms with E-state index in [1.165, 1.54) is 12.1 Å². The molecule has 8 heteroatoms. The second-order valence-corrected chi connectivity index (χ2v) is 8.25. The molecule has 1 N–H and O–H groups in total. The molecule has 5 nitrogen and oxygen atoms in total. The first-order chi connectivity index (χ1) is 14.0. The van der Waals surface area contributed by atoms with E-state index in [4.69, 9.17) is 0 Å². The number of nitrogens with one attached hydrogen (secondary N) is 1. The van der Waals surface area contributed by atoms with E-state index < -0.39 is 16.4 Å². The van der Waals surface area contributed by atoms with E-state index in [0.29, 0.717) is 0 Å². The van der Waals surface area contributed by atoms with Crippen LogP contribution in [0.15, 0.2) is 59.6 Å². The summed E-state index contributed by atoms with van der Waals surface area (Å²) < 4.78 is 54.2. The number of rotatable bonds is 4. The number of alkyl halides is 2. The van der Waals surface area contributed by atoms with Gasteiger partial charge in [0.15, 0.2) is 0 Å². The summed E-state index contributed by atoms with van der Waals surface area (Å²) in [6, 6.07) is 12.9. The number of anilines is 1. The third-order valence-electron chi connectivity index (χ3n) is 4.80. The van der Waals surface area contributed by atoms with E-state index in [1.807, 2.05) is 13.8 Å². The van der Waals surface area contributed by atoms with Gasteiger partial charge in [-0.15, -0.1) is 0 Å². The third kappa shape index (κ3) is 4.13. The Bertz CT molecular complexity index is 1060. The molecule has 3 aromatic rings. The van der Waals surface area contributed by atoms with Gasteiger partial charge in [0, 0.05) is 49.0 Å². The van der Waals surface area contributed by atoms with Crippen molar-refractivity contribution in [2.24, 2.45) is 0 Å². The van der Waals surface area contributed by atoms with Crippen LogP contribution in [0.3, 0.4) is 0 Å². The zero-order chi connectivity index (χ0) is 21.0. The maximum Gasteiger partial charge on any atom is 0.268 e. The lowest BCUT2D eigenvalue weighted by Gasteiger charge is -2.29. The maximum absolute atomic E-state index is 13.6. The first kappa shape index (κ1) is 21.3. The Morgan fingerprint density at radius 3 is 2.28 bits per heavy atom. The van der Waals surface area contributed by atoms with Crippen molar-refractivity contribution >= 4 is 26.6 Å². The van der Waals surface area contributed by atoms with Crippen molar-refractivity contribution in [3.63, 3.8) is 0 Å². The molecule has 1 saturated heterocycles. The van der Waals surface area contributed by atoms with Crippen molar-refractivity contribution in [3.05, 3.63) is 60.3 Å². The summed E-state index contributed by atoms with van der Waals surface area (Å²) in [6.45, 7) is 7.20. The number of hydrogen-bond acceptors (Lipinski definition) is 4. The van der Waals surface area contributed by atoms with Gasteiger partial charge < -0.3 is 10.2 Å². The van der Waals surface area contributed by atoms with Crippen LogP contribution in [0.25, 0.3) is 10.9 Å². The Hall–Kier alpha value is -2.45. The van der Waals surface area contributed by atoms with E-state index in [2.05, 4.69) is 10.2 Å². The lowest BCUT2D eigenvalue weighted by Crippen LogP contribution is -2.43. The summed E-state index contributed by atoms with van der Waals surface area (Å²) in [5, 5.41) is 3.51. The molecule has 0 atom stereocenters. The van der Waals surface area contributed by atoms with E-state index in [0.717, 1.165) is 42.0 Å². The monoisotopic (exact) mass is 421 g/mol. The minimum atomic E-state index is -3.96. The van der Waals surface area contributed by atoms with Gasteiger partial charge in [0.1, 0.15) is 0 Å². The number of aromatic nitrogens is 1. The molecule has 0 radical (unpaired) electrons. The lowest BCUT2D eigenvalue weighted by molar-refractivity contribution is 0.153. The van der Waals surface area contributed by atoms with Crippen LogP contribution in [0.2, 0.25) is 0 Å². The molecule has 0 spiro atoms. The largest absolute Gasteiger partial charge is 0.369 e. The molecule has 2 heterocycles. The van der Waals surface area contributed by atoms with Gasteiger partial charge in [-0.2, -0.15) is 0 Å². The average molecular weight is 422 g/mol. The number of hydrogen-bond donors (Lipinski definition) is 1. The topological polar surface area (TPSA) is 54.3 Å². The van der Waals surface area contributed by atoms with Gasteiger partial charge in [0.2, 0.25) is 0 Å². The highest BCUT2D eigenvalue weighted by atomic mass is 32.2. The normalized spacial score (nSPS) is 14.7. The fourth-order valence-corrected chi connectivity index (χ4v) is 4.81. The Balaban J connectivity index is 0.00000117. The molecule has 1 fully saturated rings. The lowest BCUT2D eigenvalue weighted by atomic mass is 10.1. The smallest absolute Gasteiger partial charge is 0.268 e. The van der Waals surface area contributed by atoms with Gasteiger partial charge in [0.25, 0.3) is 16.4 Å². The van der Waals surface area contributed by atoms with Crippen LogP contribution in [0, 0.1) is 0 Å². The predicted octanol–water partition coefficient (Wildman–Crippen LogP) is 4.25. The summed E-state index contributed by atoms with van der Waals surface area (Å²) in [5.41, 5.74) is 0.801. The fraction of sp³-hybridized carbons (Fsp3) is 0.333. The standard InChI is InChI=1S/C19H19F2N3O2S.C2H6/c20-19(21)17-13-24(27(25,26)15-4-2-1-3-5-15)18-7-6-14(12-16(17)18)23-10-8-22-9-11-23;1-2/h1-7,12-13,19,22H,8-11H2;1-2H3. The highest BCUT2D eigenvalue weighted by molar-refractivity contribution is 7.90. The summed E-state index contributed by atoms with van der Waals surface area (Å²) in [4.78, 5) is 2.17. The Labute approximate surface area is 170 Å². The van der Waals surface area contributed by atoms with Gasteiger partial charge in [-0.25, -0.2) is 21.2 Å². The first-order valence-corrected chi connectivity index (χ1v) is 11.1. The predicted molar refractivity (Wildman–Crippen MR) is 112 cm³/mol. The second-order valence-electron chi connectivity index (χ2n) is 6.44. The Kier molecular flexibility index (Phi) is 6.54. The molecule has 0 saturated carbocycles. The zero-order valence-corrected chi connectivity index (χ0v) is 17.3. The minimum Gasteiger partial charge on any atom is -0.369 e. The molecule has 1 aliphatic heterocycles. The van der Waals surface area contributed by atoms with Crippen LogP contribution in [-0.4, -0.2) is 38.6 Å². The number of halogens is 2. The summed E-state index contributed by atoms with van der Waals surface area (Å²) in [5.74, 6) is 0. The van der Waals surface area contributed by atoms with Gasteiger partial charge >= 0.3 is 0 Å². The van der Waals surface area contributed by atoms with Crippen LogP contribution in [0.1, 0.15) is 25.8 Å². The average Bonchev–Trinajstić information content (AvgIpc) is 3.16. The van der Waals surface area contributed by atoms with E-state index in [9.17, 15) is 17.2 Å². The molecule has 156 valence electrons. The molecule has 0 aliphatic carbocycles. The van der Waals surface area contributed by atoms with Crippen molar-refractivity contribution in [1.29, 1.82) is 0 Å².